The Balaban J connectivity index is 2.23. The van der Waals surface area contributed by atoms with Crippen LogP contribution in [0, 0.1) is 0 Å². The predicted octanol–water partition coefficient (Wildman–Crippen LogP) is 2.22. The number of likely N-dealkylation sites (N-methyl/N-ethyl adjacent to an activating group) is 1. The predicted molar refractivity (Wildman–Crippen MR) is 77.9 cm³/mol. The summed E-state index contributed by atoms with van der Waals surface area (Å²) in [7, 11) is 4.06. The van der Waals surface area contributed by atoms with E-state index >= 15 is 0 Å². The molecule has 0 radical (unpaired) electrons. The summed E-state index contributed by atoms with van der Waals surface area (Å²) in [6.45, 7) is 6.41. The molecule has 98 valence electrons. The standard InChI is InChI=1S/C15H23N3/c1-15(2,17-9-8-16-3)13-5-6-14-12(11-13)7-10-18(14)4/h5-7,10-11,16-17H,8-9H2,1-4H3. The van der Waals surface area contributed by atoms with E-state index in [1.807, 2.05) is 7.05 Å². The smallest absolute Gasteiger partial charge is 0.0477 e. The quantitative estimate of drug-likeness (QED) is 0.791. The zero-order chi connectivity index (χ0) is 13.2. The number of aryl methyl sites for hydroxylation is 1. The maximum Gasteiger partial charge on any atom is 0.0477 e. The molecule has 2 N–H and O–H groups in total. The van der Waals surface area contributed by atoms with Gasteiger partial charge in [-0.1, -0.05) is 6.07 Å². The largest absolute Gasteiger partial charge is 0.351 e. The molecule has 0 saturated carbocycles. The number of nitrogens with one attached hydrogen (secondary N) is 2. The van der Waals surface area contributed by atoms with Gasteiger partial charge in [-0.15, -0.1) is 0 Å². The molecule has 0 aliphatic heterocycles. The second kappa shape index (κ2) is 5.12. The maximum absolute atomic E-state index is 3.58. The molecule has 3 heteroatoms. The number of nitrogens with zero attached hydrogens (tertiary/aromatic N) is 1. The summed E-state index contributed by atoms with van der Waals surface area (Å²) in [5.74, 6) is 0. The number of rotatable bonds is 5. The third-order valence-electron chi connectivity index (χ3n) is 3.55. The van der Waals surface area contributed by atoms with Gasteiger partial charge in [0, 0.05) is 37.4 Å². The Bertz CT molecular complexity index is 526. The lowest BCUT2D eigenvalue weighted by Crippen LogP contribution is -2.40. The molecule has 0 spiro atoms. The summed E-state index contributed by atoms with van der Waals surface area (Å²) < 4.78 is 2.15. The molecular formula is C15H23N3. The topological polar surface area (TPSA) is 29.0 Å². The number of hydrogen-bond donors (Lipinski definition) is 2. The van der Waals surface area contributed by atoms with Crippen LogP contribution in [0.5, 0.6) is 0 Å². The van der Waals surface area contributed by atoms with Crippen LogP contribution in [0.1, 0.15) is 19.4 Å². The maximum atomic E-state index is 3.58. The highest BCUT2D eigenvalue weighted by Gasteiger charge is 2.19. The van der Waals surface area contributed by atoms with Crippen molar-refractivity contribution in [2.75, 3.05) is 20.1 Å². The van der Waals surface area contributed by atoms with Gasteiger partial charge in [0.25, 0.3) is 0 Å². The fourth-order valence-electron chi connectivity index (χ4n) is 2.27. The fraction of sp³-hybridized carbons (Fsp3) is 0.467. The lowest BCUT2D eigenvalue weighted by molar-refractivity contribution is 0.404. The van der Waals surface area contributed by atoms with Crippen molar-refractivity contribution in [3.05, 3.63) is 36.0 Å². The van der Waals surface area contributed by atoms with Crippen molar-refractivity contribution < 1.29 is 0 Å². The first-order chi connectivity index (χ1) is 8.54. The second-order valence-electron chi connectivity index (χ2n) is 5.36. The van der Waals surface area contributed by atoms with E-state index in [0.717, 1.165) is 13.1 Å². The van der Waals surface area contributed by atoms with E-state index in [9.17, 15) is 0 Å². The molecule has 2 aromatic rings. The van der Waals surface area contributed by atoms with Crippen LogP contribution in [0.4, 0.5) is 0 Å². The lowest BCUT2D eigenvalue weighted by atomic mass is 9.93. The van der Waals surface area contributed by atoms with E-state index in [0.29, 0.717) is 0 Å². The van der Waals surface area contributed by atoms with Crippen LogP contribution in [-0.4, -0.2) is 24.7 Å². The molecule has 0 amide bonds. The summed E-state index contributed by atoms with van der Waals surface area (Å²) in [5, 5.41) is 8.04. The Morgan fingerprint density at radius 2 is 1.94 bits per heavy atom. The zero-order valence-corrected chi connectivity index (χ0v) is 11.7. The molecule has 0 unspecified atom stereocenters. The van der Waals surface area contributed by atoms with E-state index in [4.69, 9.17) is 0 Å². The molecule has 1 aromatic carbocycles. The van der Waals surface area contributed by atoms with Crippen molar-refractivity contribution in [3.8, 4) is 0 Å². The Hall–Kier alpha value is -1.32. The van der Waals surface area contributed by atoms with Gasteiger partial charge in [-0.2, -0.15) is 0 Å². The summed E-state index contributed by atoms with van der Waals surface area (Å²) >= 11 is 0. The van der Waals surface area contributed by atoms with E-state index in [1.54, 1.807) is 0 Å². The van der Waals surface area contributed by atoms with Crippen LogP contribution in [0.2, 0.25) is 0 Å². The molecule has 18 heavy (non-hydrogen) atoms. The van der Waals surface area contributed by atoms with Crippen LogP contribution in [0.3, 0.4) is 0 Å². The van der Waals surface area contributed by atoms with Gasteiger partial charge in [0.15, 0.2) is 0 Å². The van der Waals surface area contributed by atoms with Gasteiger partial charge >= 0.3 is 0 Å². The Morgan fingerprint density at radius 1 is 1.17 bits per heavy atom. The van der Waals surface area contributed by atoms with Crippen molar-refractivity contribution in [2.24, 2.45) is 7.05 Å². The van der Waals surface area contributed by atoms with Crippen molar-refractivity contribution in [1.29, 1.82) is 0 Å². The van der Waals surface area contributed by atoms with Gasteiger partial charge in [0.2, 0.25) is 0 Å². The van der Waals surface area contributed by atoms with Crippen LogP contribution < -0.4 is 10.6 Å². The first kappa shape index (κ1) is 13.1. The average molecular weight is 245 g/mol. The van der Waals surface area contributed by atoms with Crippen molar-refractivity contribution in [3.63, 3.8) is 0 Å². The van der Waals surface area contributed by atoms with E-state index < -0.39 is 0 Å². The van der Waals surface area contributed by atoms with Gasteiger partial charge in [-0.05, 0) is 50.0 Å². The zero-order valence-electron chi connectivity index (χ0n) is 11.7. The molecule has 0 saturated heterocycles. The normalized spacial score (nSPS) is 12.2. The number of fused-ring (bicyclic) bond motifs is 1. The van der Waals surface area contributed by atoms with E-state index in [2.05, 4.69) is 66.6 Å². The monoisotopic (exact) mass is 245 g/mol. The van der Waals surface area contributed by atoms with Gasteiger partial charge in [0.05, 0.1) is 0 Å². The summed E-state index contributed by atoms with van der Waals surface area (Å²) in [6.07, 6.45) is 2.11. The molecular weight excluding hydrogens is 222 g/mol. The highest BCUT2D eigenvalue weighted by atomic mass is 15.0. The second-order valence-corrected chi connectivity index (χ2v) is 5.36. The van der Waals surface area contributed by atoms with E-state index in [1.165, 1.54) is 16.5 Å². The summed E-state index contributed by atoms with van der Waals surface area (Å²) in [5.41, 5.74) is 2.61. The minimum absolute atomic E-state index is 0.000874. The minimum atomic E-state index is 0.000874. The molecule has 2 rings (SSSR count). The molecule has 0 aliphatic carbocycles. The molecule has 0 aliphatic rings. The first-order valence-corrected chi connectivity index (χ1v) is 6.50. The van der Waals surface area contributed by atoms with E-state index in [-0.39, 0.29) is 5.54 Å². The van der Waals surface area contributed by atoms with Gasteiger partial charge < -0.3 is 15.2 Å². The molecule has 1 heterocycles. The average Bonchev–Trinajstić information content (AvgIpc) is 2.71. The Labute approximate surface area is 109 Å². The molecule has 3 nitrogen and oxygen atoms in total. The molecule has 0 fully saturated rings. The molecule has 1 aromatic heterocycles. The van der Waals surface area contributed by atoms with Gasteiger partial charge in [0.1, 0.15) is 0 Å². The summed E-state index contributed by atoms with van der Waals surface area (Å²) in [4.78, 5) is 0. The molecule has 0 bridgehead atoms. The molecule has 0 atom stereocenters. The third-order valence-corrected chi connectivity index (χ3v) is 3.55. The Morgan fingerprint density at radius 3 is 2.67 bits per heavy atom. The van der Waals surface area contributed by atoms with Crippen molar-refractivity contribution >= 4 is 10.9 Å². The minimum Gasteiger partial charge on any atom is -0.351 e. The van der Waals surface area contributed by atoms with Crippen molar-refractivity contribution in [2.45, 2.75) is 19.4 Å². The first-order valence-electron chi connectivity index (χ1n) is 6.50. The van der Waals surface area contributed by atoms with Gasteiger partial charge in [-0.3, -0.25) is 0 Å². The van der Waals surface area contributed by atoms with Crippen LogP contribution in [0.25, 0.3) is 10.9 Å². The highest BCUT2D eigenvalue weighted by Crippen LogP contribution is 2.24. The summed E-state index contributed by atoms with van der Waals surface area (Å²) in [6, 6.07) is 8.87. The lowest BCUT2D eigenvalue weighted by Gasteiger charge is -2.27. The van der Waals surface area contributed by atoms with Crippen LogP contribution in [0.15, 0.2) is 30.5 Å². The van der Waals surface area contributed by atoms with Gasteiger partial charge in [-0.25, -0.2) is 0 Å². The van der Waals surface area contributed by atoms with Crippen LogP contribution >= 0.6 is 0 Å². The Kier molecular flexibility index (Phi) is 3.73. The number of benzene rings is 1. The fourth-order valence-corrected chi connectivity index (χ4v) is 2.27. The SMILES string of the molecule is CNCCNC(C)(C)c1ccc2c(ccn2C)c1. The number of aromatic nitrogens is 1. The highest BCUT2D eigenvalue weighted by molar-refractivity contribution is 5.81. The van der Waals surface area contributed by atoms with Crippen LogP contribution in [-0.2, 0) is 12.6 Å². The third kappa shape index (κ3) is 2.57. The number of hydrogen-bond acceptors (Lipinski definition) is 2. The van der Waals surface area contributed by atoms with Crippen molar-refractivity contribution in [1.82, 2.24) is 15.2 Å².